The molecule has 0 unspecified atom stereocenters. The van der Waals surface area contributed by atoms with Crippen molar-refractivity contribution in [3.63, 3.8) is 0 Å². The molecule has 2 heterocycles. The summed E-state index contributed by atoms with van der Waals surface area (Å²) in [6.45, 7) is 5.86. The number of nitrogens with one attached hydrogen (secondary N) is 1. The third-order valence-electron chi connectivity index (χ3n) is 4.87. The first-order valence-electron chi connectivity index (χ1n) is 9.00. The van der Waals surface area contributed by atoms with Gasteiger partial charge in [0, 0.05) is 6.54 Å². The molecule has 0 spiro atoms. The molecule has 3 aromatic rings. The summed E-state index contributed by atoms with van der Waals surface area (Å²) in [6, 6.07) is 0. The van der Waals surface area contributed by atoms with E-state index in [4.69, 9.17) is 0 Å². The van der Waals surface area contributed by atoms with Gasteiger partial charge < -0.3 is 0 Å². The first kappa shape index (κ1) is 22.7. The van der Waals surface area contributed by atoms with Crippen molar-refractivity contribution in [2.45, 2.75) is 45.7 Å². The number of aromatic nitrogens is 4. The molecule has 7 nitrogen and oxygen atoms in total. The van der Waals surface area contributed by atoms with Gasteiger partial charge in [0.25, 0.3) is 10.0 Å². The lowest BCUT2D eigenvalue weighted by molar-refractivity contribution is 0.366. The third-order valence-corrected chi connectivity index (χ3v) is 6.33. The van der Waals surface area contributed by atoms with Gasteiger partial charge in [0.15, 0.2) is 23.3 Å². The summed E-state index contributed by atoms with van der Waals surface area (Å²) in [5.74, 6) is -10.4. The smallest absolute Gasteiger partial charge is 0.265 e. The van der Waals surface area contributed by atoms with E-state index >= 15 is 0 Å². The highest BCUT2D eigenvalue weighted by molar-refractivity contribution is 7.92. The number of rotatable bonds is 6. The Morgan fingerprint density at radius 2 is 1.45 bits per heavy atom. The van der Waals surface area contributed by atoms with Gasteiger partial charge in [0.1, 0.15) is 4.90 Å². The maximum absolute atomic E-state index is 14.0. The van der Waals surface area contributed by atoms with Crippen LogP contribution in [0.15, 0.2) is 11.1 Å². The molecule has 31 heavy (non-hydrogen) atoms. The summed E-state index contributed by atoms with van der Waals surface area (Å²) in [5, 5.41) is 7.97. The van der Waals surface area contributed by atoms with Gasteiger partial charge >= 0.3 is 0 Å². The Hall–Kier alpha value is -2.96. The average Bonchev–Trinajstić information content (AvgIpc) is 3.22. The minimum absolute atomic E-state index is 0.0209. The van der Waals surface area contributed by atoms with E-state index in [-0.39, 0.29) is 22.0 Å². The van der Waals surface area contributed by atoms with Crippen molar-refractivity contribution in [3.8, 4) is 0 Å². The fourth-order valence-corrected chi connectivity index (χ4v) is 4.49. The standard InChI is InChI=1S/C18H18F5N5O2S/c1-5-27-9(3)12(6-24-27)31(29,30)26-18-8(2)25-28(10(18)4)7-11-13(19)15(21)17(23)16(22)14(11)20/h6,26H,5,7H2,1-4H3. The Balaban J connectivity index is 2.00. The second-order valence-electron chi connectivity index (χ2n) is 6.77. The summed E-state index contributed by atoms with van der Waals surface area (Å²) >= 11 is 0. The number of nitrogens with zero attached hydrogens (tertiary/aromatic N) is 4. The number of anilines is 1. The van der Waals surface area contributed by atoms with Gasteiger partial charge in [-0.15, -0.1) is 0 Å². The lowest BCUT2D eigenvalue weighted by Gasteiger charge is -2.11. The van der Waals surface area contributed by atoms with Crippen molar-refractivity contribution in [3.05, 3.63) is 57.9 Å². The number of sulfonamides is 1. The van der Waals surface area contributed by atoms with Crippen molar-refractivity contribution in [1.29, 1.82) is 0 Å². The predicted octanol–water partition coefficient (Wildman–Crippen LogP) is 3.57. The van der Waals surface area contributed by atoms with Gasteiger partial charge in [-0.05, 0) is 27.7 Å². The van der Waals surface area contributed by atoms with Crippen LogP contribution in [0.5, 0.6) is 0 Å². The SMILES string of the molecule is CCn1ncc(S(=O)(=O)Nc2c(C)nn(Cc3c(F)c(F)c(F)c(F)c3F)c2C)c1C. The molecule has 1 aromatic carbocycles. The molecule has 3 rings (SSSR count). The van der Waals surface area contributed by atoms with Crippen LogP contribution in [0.3, 0.4) is 0 Å². The Morgan fingerprint density at radius 3 is 1.97 bits per heavy atom. The molecular weight excluding hydrogens is 445 g/mol. The van der Waals surface area contributed by atoms with Gasteiger partial charge in [-0.25, -0.2) is 30.4 Å². The van der Waals surface area contributed by atoms with E-state index in [0.29, 0.717) is 12.2 Å². The molecule has 0 atom stereocenters. The van der Waals surface area contributed by atoms with E-state index < -0.39 is 51.2 Å². The van der Waals surface area contributed by atoms with E-state index in [0.717, 1.165) is 4.68 Å². The summed E-state index contributed by atoms with van der Waals surface area (Å²) < 4.78 is 98.6. The highest BCUT2D eigenvalue weighted by atomic mass is 32.2. The zero-order chi connectivity index (χ0) is 23.2. The van der Waals surface area contributed by atoms with Gasteiger partial charge in [-0.2, -0.15) is 10.2 Å². The molecule has 0 saturated heterocycles. The summed E-state index contributed by atoms with van der Waals surface area (Å²) in [7, 11) is -4.08. The van der Waals surface area contributed by atoms with Crippen LogP contribution >= 0.6 is 0 Å². The third kappa shape index (κ3) is 3.77. The molecule has 0 radical (unpaired) electrons. The molecule has 0 saturated carbocycles. The number of hydrogen-bond donors (Lipinski definition) is 1. The first-order valence-corrected chi connectivity index (χ1v) is 10.5. The molecule has 0 bridgehead atoms. The largest absolute Gasteiger partial charge is 0.276 e. The van der Waals surface area contributed by atoms with Crippen LogP contribution in [0.2, 0.25) is 0 Å². The van der Waals surface area contributed by atoms with Crippen molar-refractivity contribution in [2.75, 3.05) is 4.72 Å². The molecule has 0 fully saturated rings. The minimum atomic E-state index is -4.08. The number of halogens is 5. The van der Waals surface area contributed by atoms with E-state index in [9.17, 15) is 30.4 Å². The zero-order valence-corrected chi connectivity index (χ0v) is 17.7. The van der Waals surface area contributed by atoms with Gasteiger partial charge in [-0.3, -0.25) is 14.1 Å². The topological polar surface area (TPSA) is 81.8 Å². The van der Waals surface area contributed by atoms with Crippen molar-refractivity contribution >= 4 is 15.7 Å². The van der Waals surface area contributed by atoms with Crippen LogP contribution in [0.1, 0.15) is 29.6 Å². The molecule has 13 heteroatoms. The van der Waals surface area contributed by atoms with Crippen molar-refractivity contribution < 1.29 is 30.4 Å². The molecule has 0 aliphatic rings. The van der Waals surface area contributed by atoms with E-state index in [1.807, 2.05) is 0 Å². The highest BCUT2D eigenvalue weighted by Crippen LogP contribution is 2.28. The van der Waals surface area contributed by atoms with Crippen LogP contribution < -0.4 is 4.72 Å². The second-order valence-corrected chi connectivity index (χ2v) is 8.42. The molecule has 1 N–H and O–H groups in total. The van der Waals surface area contributed by atoms with Gasteiger partial charge in [0.05, 0.1) is 41.1 Å². The zero-order valence-electron chi connectivity index (χ0n) is 16.9. The fourth-order valence-electron chi connectivity index (χ4n) is 3.14. The van der Waals surface area contributed by atoms with Crippen LogP contribution in [0, 0.1) is 49.9 Å². The molecule has 168 valence electrons. The lowest BCUT2D eigenvalue weighted by Crippen LogP contribution is -2.16. The second kappa shape index (κ2) is 7.94. The molecular formula is C18H18F5N5O2S. The van der Waals surface area contributed by atoms with Crippen molar-refractivity contribution in [2.24, 2.45) is 0 Å². The Morgan fingerprint density at radius 1 is 0.903 bits per heavy atom. The van der Waals surface area contributed by atoms with E-state index in [2.05, 4.69) is 14.9 Å². The van der Waals surface area contributed by atoms with Crippen LogP contribution in [0.4, 0.5) is 27.6 Å². The Kier molecular flexibility index (Phi) is 5.82. The Bertz CT molecular complexity index is 1250. The molecule has 0 amide bonds. The number of benzene rings is 1. The van der Waals surface area contributed by atoms with Gasteiger partial charge in [0.2, 0.25) is 5.82 Å². The van der Waals surface area contributed by atoms with E-state index in [1.54, 1.807) is 13.8 Å². The molecule has 0 aliphatic heterocycles. The quantitative estimate of drug-likeness (QED) is 0.344. The highest BCUT2D eigenvalue weighted by Gasteiger charge is 2.28. The molecule has 0 aliphatic carbocycles. The Labute approximate surface area is 174 Å². The fraction of sp³-hybridized carbons (Fsp3) is 0.333. The maximum Gasteiger partial charge on any atom is 0.265 e. The maximum atomic E-state index is 14.0. The average molecular weight is 463 g/mol. The van der Waals surface area contributed by atoms with E-state index in [1.165, 1.54) is 24.7 Å². The van der Waals surface area contributed by atoms with Crippen LogP contribution in [-0.2, 0) is 23.1 Å². The summed E-state index contributed by atoms with van der Waals surface area (Å²) in [6.07, 6.45) is 1.19. The molecule has 2 aromatic heterocycles. The van der Waals surface area contributed by atoms with Gasteiger partial charge in [-0.1, -0.05) is 0 Å². The summed E-state index contributed by atoms with van der Waals surface area (Å²) in [5.41, 5.74) is -0.404. The minimum Gasteiger partial charge on any atom is -0.276 e. The first-order chi connectivity index (χ1) is 14.4. The number of hydrogen-bond acceptors (Lipinski definition) is 4. The number of aryl methyl sites for hydroxylation is 2. The predicted molar refractivity (Wildman–Crippen MR) is 100 cm³/mol. The van der Waals surface area contributed by atoms with Crippen LogP contribution in [-0.4, -0.2) is 28.0 Å². The summed E-state index contributed by atoms with van der Waals surface area (Å²) in [4.78, 5) is -0.0688. The normalized spacial score (nSPS) is 11.9. The van der Waals surface area contributed by atoms with Crippen LogP contribution in [0.25, 0.3) is 0 Å². The van der Waals surface area contributed by atoms with Crippen molar-refractivity contribution in [1.82, 2.24) is 19.6 Å². The lowest BCUT2D eigenvalue weighted by atomic mass is 10.1. The monoisotopic (exact) mass is 463 g/mol.